The van der Waals surface area contributed by atoms with Gasteiger partial charge in [0, 0.05) is 32.4 Å². The molecular weight excluding hydrogens is 422 g/mol. The largest absolute Gasteiger partial charge is 0.467 e. The van der Waals surface area contributed by atoms with Gasteiger partial charge in [-0.15, -0.1) is 0 Å². The van der Waals surface area contributed by atoms with E-state index < -0.39 is 12.0 Å². The van der Waals surface area contributed by atoms with Crippen LogP contribution in [0.15, 0.2) is 24.5 Å². The van der Waals surface area contributed by atoms with Gasteiger partial charge in [-0.1, -0.05) is 13.8 Å². The average molecular weight is 456 g/mol. The van der Waals surface area contributed by atoms with Crippen molar-refractivity contribution >= 4 is 23.4 Å². The van der Waals surface area contributed by atoms with Crippen molar-refractivity contribution in [3.8, 4) is 0 Å². The van der Waals surface area contributed by atoms with Crippen LogP contribution in [0, 0.1) is 5.92 Å². The Kier molecular flexibility index (Phi) is 6.85. The number of hydrogen-bond donors (Lipinski definition) is 1. The van der Waals surface area contributed by atoms with Crippen LogP contribution in [0.25, 0.3) is 5.52 Å². The van der Waals surface area contributed by atoms with Crippen LogP contribution < -0.4 is 5.32 Å². The Balaban J connectivity index is 1.41. The van der Waals surface area contributed by atoms with Crippen LogP contribution >= 0.6 is 0 Å². The molecule has 2 aromatic heterocycles. The quantitative estimate of drug-likeness (QED) is 0.700. The highest BCUT2D eigenvalue weighted by Gasteiger charge is 2.30. The van der Waals surface area contributed by atoms with Crippen molar-refractivity contribution in [3.63, 3.8) is 0 Å². The molecule has 9 heteroatoms. The summed E-state index contributed by atoms with van der Waals surface area (Å²) in [6.07, 6.45) is 7.32. The van der Waals surface area contributed by atoms with Gasteiger partial charge in [-0.2, -0.15) is 5.10 Å². The SMILES string of the molecule is COC(=O)C(NC(=O)N1CCC(c2ccn3ncc(C(=O)N4CCCC4)c3c2)CC1)C(C)C. The van der Waals surface area contributed by atoms with Crippen LogP contribution in [-0.2, 0) is 9.53 Å². The lowest BCUT2D eigenvalue weighted by molar-refractivity contribution is -0.144. The van der Waals surface area contributed by atoms with E-state index in [1.54, 1.807) is 15.6 Å². The fourth-order valence-electron chi connectivity index (χ4n) is 4.77. The number of esters is 1. The van der Waals surface area contributed by atoms with E-state index in [2.05, 4.69) is 22.5 Å². The minimum Gasteiger partial charge on any atom is -0.467 e. The molecule has 4 rings (SSSR count). The maximum Gasteiger partial charge on any atom is 0.328 e. The molecule has 0 aliphatic carbocycles. The molecule has 0 bridgehead atoms. The number of aromatic nitrogens is 2. The minimum absolute atomic E-state index is 0.0523. The van der Waals surface area contributed by atoms with Crippen LogP contribution in [-0.4, -0.2) is 76.7 Å². The molecule has 2 aromatic rings. The lowest BCUT2D eigenvalue weighted by Gasteiger charge is -2.33. The third-order valence-corrected chi connectivity index (χ3v) is 6.82. The van der Waals surface area contributed by atoms with E-state index in [1.165, 1.54) is 7.11 Å². The normalized spacial score (nSPS) is 18.1. The summed E-state index contributed by atoms with van der Waals surface area (Å²) in [5, 5.41) is 7.18. The molecule has 0 spiro atoms. The molecule has 0 radical (unpaired) electrons. The molecule has 1 N–H and O–H groups in total. The molecule has 2 aliphatic heterocycles. The van der Waals surface area contributed by atoms with E-state index in [0.717, 1.165) is 49.9 Å². The summed E-state index contributed by atoms with van der Waals surface area (Å²) in [6, 6.07) is 3.23. The zero-order valence-corrected chi connectivity index (χ0v) is 19.6. The number of carbonyl (C=O) groups is 3. The second-order valence-corrected chi connectivity index (χ2v) is 9.30. The summed E-state index contributed by atoms with van der Waals surface area (Å²) < 4.78 is 6.58. The van der Waals surface area contributed by atoms with Crippen LogP contribution in [0.3, 0.4) is 0 Å². The topological polar surface area (TPSA) is 96.2 Å². The zero-order valence-electron chi connectivity index (χ0n) is 19.6. The summed E-state index contributed by atoms with van der Waals surface area (Å²) >= 11 is 0. The van der Waals surface area contributed by atoms with Crippen molar-refractivity contribution in [2.24, 2.45) is 5.92 Å². The Morgan fingerprint density at radius 3 is 2.42 bits per heavy atom. The molecule has 1 unspecified atom stereocenters. The van der Waals surface area contributed by atoms with Gasteiger partial charge in [0.1, 0.15) is 6.04 Å². The van der Waals surface area contributed by atoms with E-state index >= 15 is 0 Å². The van der Waals surface area contributed by atoms with E-state index in [0.29, 0.717) is 24.6 Å². The molecular formula is C24H33N5O4. The highest BCUT2D eigenvalue weighted by molar-refractivity contribution is 6.00. The van der Waals surface area contributed by atoms with Gasteiger partial charge < -0.3 is 19.9 Å². The molecule has 4 heterocycles. The van der Waals surface area contributed by atoms with E-state index in [-0.39, 0.29) is 17.9 Å². The van der Waals surface area contributed by atoms with Crippen molar-refractivity contribution in [1.82, 2.24) is 24.7 Å². The summed E-state index contributed by atoms with van der Waals surface area (Å²) in [5.41, 5.74) is 2.65. The maximum absolute atomic E-state index is 12.9. The lowest BCUT2D eigenvalue weighted by atomic mass is 9.89. The molecule has 2 saturated heterocycles. The number of nitrogens with one attached hydrogen (secondary N) is 1. The molecule has 0 aromatic carbocycles. The maximum atomic E-state index is 12.9. The number of ether oxygens (including phenoxy) is 1. The molecule has 2 fully saturated rings. The van der Waals surface area contributed by atoms with Crippen LogP contribution in [0.1, 0.15) is 61.4 Å². The smallest absolute Gasteiger partial charge is 0.328 e. The third-order valence-electron chi connectivity index (χ3n) is 6.82. The molecule has 178 valence electrons. The average Bonchev–Trinajstić information content (AvgIpc) is 3.51. The van der Waals surface area contributed by atoms with E-state index in [4.69, 9.17) is 4.74 Å². The second-order valence-electron chi connectivity index (χ2n) is 9.30. The summed E-state index contributed by atoms with van der Waals surface area (Å²) in [4.78, 5) is 41.3. The molecule has 33 heavy (non-hydrogen) atoms. The monoisotopic (exact) mass is 455 g/mol. The molecule has 0 saturated carbocycles. The Morgan fingerprint density at radius 1 is 1.09 bits per heavy atom. The number of hydrogen-bond acceptors (Lipinski definition) is 5. The summed E-state index contributed by atoms with van der Waals surface area (Å²) in [6.45, 7) is 6.58. The third kappa shape index (κ3) is 4.82. The van der Waals surface area contributed by atoms with Gasteiger partial charge in [0.25, 0.3) is 5.91 Å². The first-order chi connectivity index (χ1) is 15.9. The Bertz CT molecular complexity index is 1020. The summed E-state index contributed by atoms with van der Waals surface area (Å²) in [5.74, 6) is -0.137. The number of amides is 3. The number of methoxy groups -OCH3 is 1. The van der Waals surface area contributed by atoms with Gasteiger partial charge in [-0.05, 0) is 55.2 Å². The van der Waals surface area contributed by atoms with Crippen molar-refractivity contribution in [1.29, 1.82) is 0 Å². The number of urea groups is 1. The molecule has 3 amide bonds. The van der Waals surface area contributed by atoms with Gasteiger partial charge >= 0.3 is 12.0 Å². The van der Waals surface area contributed by atoms with Crippen LogP contribution in [0.4, 0.5) is 4.79 Å². The van der Waals surface area contributed by atoms with Gasteiger partial charge in [0.2, 0.25) is 0 Å². The fraction of sp³-hybridized carbons (Fsp3) is 0.583. The lowest BCUT2D eigenvalue weighted by Crippen LogP contribution is -2.52. The molecule has 2 aliphatic rings. The first-order valence-corrected chi connectivity index (χ1v) is 11.8. The van der Waals surface area contributed by atoms with Crippen molar-refractivity contribution in [2.75, 3.05) is 33.3 Å². The van der Waals surface area contributed by atoms with Crippen LogP contribution in [0.5, 0.6) is 0 Å². The number of rotatable bonds is 5. The highest BCUT2D eigenvalue weighted by Crippen LogP contribution is 2.30. The second kappa shape index (κ2) is 9.80. The van der Waals surface area contributed by atoms with Crippen molar-refractivity contribution in [2.45, 2.75) is 51.5 Å². The van der Waals surface area contributed by atoms with Crippen molar-refractivity contribution in [3.05, 3.63) is 35.7 Å². The van der Waals surface area contributed by atoms with Gasteiger partial charge in [-0.25, -0.2) is 14.1 Å². The van der Waals surface area contributed by atoms with Gasteiger partial charge in [0.05, 0.1) is 24.4 Å². The molecule has 9 nitrogen and oxygen atoms in total. The van der Waals surface area contributed by atoms with Crippen molar-refractivity contribution < 1.29 is 19.1 Å². The van der Waals surface area contributed by atoms with Gasteiger partial charge in [-0.3, -0.25) is 4.79 Å². The molecule has 1 atom stereocenters. The number of carbonyl (C=O) groups excluding carboxylic acids is 3. The minimum atomic E-state index is -0.656. The number of nitrogens with zero attached hydrogens (tertiary/aromatic N) is 4. The standard InChI is InChI=1S/C24H33N5O4/c1-16(2)21(23(31)33-3)26-24(32)28-11-6-17(7-12-28)18-8-13-29-20(14-18)19(15-25-29)22(30)27-9-4-5-10-27/h8,13-17,21H,4-7,9-12H2,1-3H3,(H,26,32). The van der Waals surface area contributed by atoms with E-state index in [1.807, 2.05) is 24.9 Å². The Hall–Kier alpha value is -3.10. The number of fused-ring (bicyclic) bond motifs is 1. The zero-order chi connectivity index (χ0) is 23.5. The number of likely N-dealkylation sites (tertiary alicyclic amines) is 2. The Morgan fingerprint density at radius 2 is 1.79 bits per heavy atom. The predicted molar refractivity (Wildman–Crippen MR) is 123 cm³/mol. The van der Waals surface area contributed by atoms with E-state index in [9.17, 15) is 14.4 Å². The first-order valence-electron chi connectivity index (χ1n) is 11.8. The predicted octanol–water partition coefficient (Wildman–Crippen LogP) is 2.66. The fourth-order valence-corrected chi connectivity index (χ4v) is 4.77. The number of pyridine rings is 1. The summed E-state index contributed by atoms with van der Waals surface area (Å²) in [7, 11) is 1.33. The number of piperidine rings is 1. The Labute approximate surface area is 194 Å². The highest BCUT2D eigenvalue weighted by atomic mass is 16.5. The van der Waals surface area contributed by atoms with Crippen LogP contribution in [0.2, 0.25) is 0 Å². The first kappa shape index (κ1) is 23.1. The van der Waals surface area contributed by atoms with Gasteiger partial charge in [0.15, 0.2) is 0 Å².